The summed E-state index contributed by atoms with van der Waals surface area (Å²) in [6.45, 7) is 8.15. The molecule has 0 amide bonds. The lowest BCUT2D eigenvalue weighted by Gasteiger charge is -2.33. The summed E-state index contributed by atoms with van der Waals surface area (Å²) in [5.41, 5.74) is 0.551. The third kappa shape index (κ3) is 2.88. The van der Waals surface area contributed by atoms with E-state index in [1.165, 1.54) is 45.3 Å². The minimum atomic E-state index is 0.551. The van der Waals surface area contributed by atoms with Gasteiger partial charge in [-0.1, -0.05) is 26.7 Å². The largest absolute Gasteiger partial charge is 0.303 e. The average Bonchev–Trinajstić information content (AvgIpc) is 2.63. The molecule has 0 aliphatic heterocycles. The van der Waals surface area contributed by atoms with Gasteiger partial charge >= 0.3 is 0 Å². The Morgan fingerprint density at radius 3 is 2.08 bits per heavy atom. The first-order chi connectivity index (χ1) is 6.26. The molecule has 0 bridgehead atoms. The summed E-state index contributed by atoms with van der Waals surface area (Å²) in [5, 5.41) is 0. The molecule has 1 aliphatic rings. The van der Waals surface area contributed by atoms with E-state index in [2.05, 4.69) is 31.4 Å². The van der Waals surface area contributed by atoms with Gasteiger partial charge in [0.05, 0.1) is 0 Å². The molecule has 0 atom stereocenters. The minimum absolute atomic E-state index is 0.551. The number of thiol groups is 1. The summed E-state index contributed by atoms with van der Waals surface area (Å²) >= 11 is 4.53. The summed E-state index contributed by atoms with van der Waals surface area (Å²) in [5.74, 6) is 1.07. The normalized spacial score (nSPS) is 21.2. The van der Waals surface area contributed by atoms with Crippen molar-refractivity contribution in [1.82, 2.24) is 4.90 Å². The Bertz CT molecular complexity index is 137. The third-order valence-electron chi connectivity index (χ3n) is 3.45. The molecule has 78 valence electrons. The van der Waals surface area contributed by atoms with Crippen LogP contribution in [0.2, 0.25) is 0 Å². The second kappa shape index (κ2) is 5.26. The Morgan fingerprint density at radius 1 is 1.15 bits per heavy atom. The summed E-state index contributed by atoms with van der Waals surface area (Å²) in [6.07, 6.45) is 5.63. The maximum atomic E-state index is 4.53. The molecule has 0 spiro atoms. The molecule has 1 rings (SSSR count). The van der Waals surface area contributed by atoms with Crippen LogP contribution in [0.1, 0.15) is 39.5 Å². The molecule has 0 aromatic carbocycles. The van der Waals surface area contributed by atoms with Crippen LogP contribution in [0, 0.1) is 5.41 Å². The van der Waals surface area contributed by atoms with Gasteiger partial charge in [0, 0.05) is 6.54 Å². The van der Waals surface area contributed by atoms with E-state index in [1.807, 2.05) is 0 Å². The molecule has 1 fully saturated rings. The second-order valence-corrected chi connectivity index (χ2v) is 4.64. The lowest BCUT2D eigenvalue weighted by Crippen LogP contribution is -2.37. The summed E-state index contributed by atoms with van der Waals surface area (Å²) in [7, 11) is 0. The molecule has 1 saturated carbocycles. The summed E-state index contributed by atoms with van der Waals surface area (Å²) < 4.78 is 0. The monoisotopic (exact) mass is 201 g/mol. The van der Waals surface area contributed by atoms with Gasteiger partial charge in [0.2, 0.25) is 0 Å². The molecule has 1 nitrogen and oxygen atoms in total. The Morgan fingerprint density at radius 2 is 1.69 bits per heavy atom. The van der Waals surface area contributed by atoms with Crippen LogP contribution in [0.25, 0.3) is 0 Å². The summed E-state index contributed by atoms with van der Waals surface area (Å²) in [6, 6.07) is 0. The Kier molecular flexibility index (Phi) is 4.60. The standard InChI is InChI=1S/C11H23NS/c1-3-12(4-2)9-11(10-13)7-5-6-8-11/h13H,3-10H2,1-2H3. The van der Waals surface area contributed by atoms with Gasteiger partial charge in [-0.05, 0) is 37.1 Å². The van der Waals surface area contributed by atoms with Crippen molar-refractivity contribution in [3.63, 3.8) is 0 Å². The van der Waals surface area contributed by atoms with Crippen LogP contribution in [-0.2, 0) is 0 Å². The molecule has 13 heavy (non-hydrogen) atoms. The van der Waals surface area contributed by atoms with Crippen LogP contribution in [0.15, 0.2) is 0 Å². The van der Waals surface area contributed by atoms with Crippen LogP contribution in [-0.4, -0.2) is 30.3 Å². The van der Waals surface area contributed by atoms with Crippen molar-refractivity contribution in [3.05, 3.63) is 0 Å². The van der Waals surface area contributed by atoms with E-state index < -0.39 is 0 Å². The fraction of sp³-hybridized carbons (Fsp3) is 1.00. The zero-order valence-electron chi connectivity index (χ0n) is 9.05. The van der Waals surface area contributed by atoms with Gasteiger partial charge in [-0.25, -0.2) is 0 Å². The second-order valence-electron chi connectivity index (χ2n) is 4.33. The highest BCUT2D eigenvalue weighted by Gasteiger charge is 2.33. The maximum Gasteiger partial charge on any atom is 0.00456 e. The van der Waals surface area contributed by atoms with Gasteiger partial charge < -0.3 is 4.90 Å². The Labute approximate surface area is 88.3 Å². The predicted octanol–water partition coefficient (Wildman–Crippen LogP) is 2.82. The van der Waals surface area contributed by atoms with Crippen molar-refractivity contribution in [1.29, 1.82) is 0 Å². The van der Waals surface area contributed by atoms with Gasteiger partial charge in [-0.15, -0.1) is 0 Å². The van der Waals surface area contributed by atoms with E-state index in [0.717, 1.165) is 5.75 Å². The fourth-order valence-corrected chi connectivity index (χ4v) is 2.83. The van der Waals surface area contributed by atoms with E-state index in [9.17, 15) is 0 Å². The van der Waals surface area contributed by atoms with Gasteiger partial charge in [0.25, 0.3) is 0 Å². The van der Waals surface area contributed by atoms with Crippen LogP contribution in [0.5, 0.6) is 0 Å². The zero-order valence-corrected chi connectivity index (χ0v) is 9.95. The highest BCUT2D eigenvalue weighted by atomic mass is 32.1. The quantitative estimate of drug-likeness (QED) is 0.669. The highest BCUT2D eigenvalue weighted by Crippen LogP contribution is 2.39. The average molecular weight is 201 g/mol. The van der Waals surface area contributed by atoms with Crippen LogP contribution in [0.4, 0.5) is 0 Å². The van der Waals surface area contributed by atoms with E-state index in [4.69, 9.17) is 0 Å². The van der Waals surface area contributed by atoms with Crippen molar-refractivity contribution < 1.29 is 0 Å². The molecule has 0 saturated heterocycles. The van der Waals surface area contributed by atoms with E-state index in [1.54, 1.807) is 0 Å². The number of hydrogen-bond donors (Lipinski definition) is 1. The van der Waals surface area contributed by atoms with Gasteiger partial charge in [0.15, 0.2) is 0 Å². The fourth-order valence-electron chi connectivity index (χ4n) is 2.41. The maximum absolute atomic E-state index is 4.53. The first-order valence-corrected chi connectivity index (χ1v) is 6.23. The van der Waals surface area contributed by atoms with E-state index in [-0.39, 0.29) is 0 Å². The Balaban J connectivity index is 2.46. The number of hydrogen-bond acceptors (Lipinski definition) is 2. The predicted molar refractivity (Wildman–Crippen MR) is 62.5 cm³/mol. The smallest absolute Gasteiger partial charge is 0.00456 e. The van der Waals surface area contributed by atoms with Crippen molar-refractivity contribution >= 4 is 12.6 Å². The SMILES string of the molecule is CCN(CC)CC1(CS)CCCC1. The zero-order chi connectivity index (χ0) is 9.73. The van der Waals surface area contributed by atoms with Crippen LogP contribution < -0.4 is 0 Å². The molecule has 2 heteroatoms. The number of rotatable bonds is 5. The van der Waals surface area contributed by atoms with Gasteiger partial charge in [-0.3, -0.25) is 0 Å². The Hall–Kier alpha value is 0.310. The molecule has 0 aromatic rings. The number of nitrogens with zero attached hydrogens (tertiary/aromatic N) is 1. The molecule has 0 radical (unpaired) electrons. The first-order valence-electron chi connectivity index (χ1n) is 5.59. The lowest BCUT2D eigenvalue weighted by atomic mass is 9.88. The molecular formula is C11H23NS. The molecule has 0 aromatic heterocycles. The molecule has 1 aliphatic carbocycles. The van der Waals surface area contributed by atoms with Crippen molar-refractivity contribution in [3.8, 4) is 0 Å². The topological polar surface area (TPSA) is 3.24 Å². The van der Waals surface area contributed by atoms with Gasteiger partial charge in [0.1, 0.15) is 0 Å². The lowest BCUT2D eigenvalue weighted by molar-refractivity contribution is 0.185. The van der Waals surface area contributed by atoms with Crippen molar-refractivity contribution in [2.45, 2.75) is 39.5 Å². The van der Waals surface area contributed by atoms with E-state index in [0.29, 0.717) is 5.41 Å². The first kappa shape index (κ1) is 11.4. The highest BCUT2D eigenvalue weighted by molar-refractivity contribution is 7.80. The van der Waals surface area contributed by atoms with Crippen LogP contribution in [0.3, 0.4) is 0 Å². The van der Waals surface area contributed by atoms with Crippen molar-refractivity contribution in [2.24, 2.45) is 5.41 Å². The van der Waals surface area contributed by atoms with Crippen molar-refractivity contribution in [2.75, 3.05) is 25.4 Å². The third-order valence-corrected chi connectivity index (χ3v) is 4.12. The molecule has 0 heterocycles. The minimum Gasteiger partial charge on any atom is -0.303 e. The van der Waals surface area contributed by atoms with E-state index >= 15 is 0 Å². The molecular weight excluding hydrogens is 178 g/mol. The molecule has 0 N–H and O–H groups in total. The molecule has 0 unspecified atom stereocenters. The van der Waals surface area contributed by atoms with Crippen LogP contribution >= 0.6 is 12.6 Å². The summed E-state index contributed by atoms with van der Waals surface area (Å²) in [4.78, 5) is 2.54. The van der Waals surface area contributed by atoms with Gasteiger partial charge in [-0.2, -0.15) is 12.6 Å².